The molecule has 2 fully saturated rings. The molecule has 2 saturated heterocycles. The van der Waals surface area contributed by atoms with Gasteiger partial charge in [0.2, 0.25) is 5.91 Å². The zero-order valence-electron chi connectivity index (χ0n) is 12.6. The van der Waals surface area contributed by atoms with Crippen LogP contribution in [0, 0.1) is 5.41 Å². The molecular weight excluding hydrogens is 248 g/mol. The van der Waals surface area contributed by atoms with Crippen molar-refractivity contribution in [1.29, 1.82) is 0 Å². The molecular formula is C17H24N2O. The second-order valence-corrected chi connectivity index (χ2v) is 6.42. The number of carbonyl (C=O) groups excluding carboxylic acids is 1. The Bertz CT molecular complexity index is 497. The molecule has 1 aromatic carbocycles. The highest BCUT2D eigenvalue weighted by Crippen LogP contribution is 2.40. The molecule has 2 aliphatic heterocycles. The van der Waals surface area contributed by atoms with Crippen molar-refractivity contribution in [1.82, 2.24) is 9.80 Å². The molecule has 2 aliphatic rings. The van der Waals surface area contributed by atoms with E-state index in [1.807, 2.05) is 11.8 Å². The van der Waals surface area contributed by atoms with Gasteiger partial charge in [-0.2, -0.15) is 0 Å². The molecule has 3 nitrogen and oxygen atoms in total. The van der Waals surface area contributed by atoms with Crippen LogP contribution in [0.3, 0.4) is 0 Å². The van der Waals surface area contributed by atoms with E-state index >= 15 is 0 Å². The van der Waals surface area contributed by atoms with Crippen molar-refractivity contribution in [3.05, 3.63) is 35.4 Å². The number of hydrogen-bond donors (Lipinski definition) is 0. The summed E-state index contributed by atoms with van der Waals surface area (Å²) in [5, 5.41) is 0. The van der Waals surface area contributed by atoms with Crippen LogP contribution in [-0.2, 0) is 17.8 Å². The van der Waals surface area contributed by atoms with E-state index in [2.05, 4.69) is 36.1 Å². The van der Waals surface area contributed by atoms with Gasteiger partial charge in [-0.3, -0.25) is 9.69 Å². The topological polar surface area (TPSA) is 23.6 Å². The Morgan fingerprint density at radius 2 is 1.85 bits per heavy atom. The summed E-state index contributed by atoms with van der Waals surface area (Å²) in [6.45, 7) is 9.45. The number of benzene rings is 1. The van der Waals surface area contributed by atoms with Gasteiger partial charge in [-0.15, -0.1) is 0 Å². The first-order chi connectivity index (χ1) is 9.64. The molecule has 0 atom stereocenters. The summed E-state index contributed by atoms with van der Waals surface area (Å²) in [6.07, 6.45) is 1.75. The monoisotopic (exact) mass is 272 g/mol. The molecule has 3 heteroatoms. The maximum atomic E-state index is 11.6. The van der Waals surface area contributed by atoms with Gasteiger partial charge < -0.3 is 4.90 Å². The van der Waals surface area contributed by atoms with E-state index in [1.54, 1.807) is 0 Å². The summed E-state index contributed by atoms with van der Waals surface area (Å²) in [7, 11) is 0. The summed E-state index contributed by atoms with van der Waals surface area (Å²) in [5.74, 6) is 0.310. The summed E-state index contributed by atoms with van der Waals surface area (Å²) in [6, 6.07) is 8.90. The van der Waals surface area contributed by atoms with Crippen LogP contribution in [0.15, 0.2) is 24.3 Å². The van der Waals surface area contributed by atoms with Gasteiger partial charge in [-0.25, -0.2) is 0 Å². The van der Waals surface area contributed by atoms with Gasteiger partial charge in [0, 0.05) is 44.6 Å². The fraction of sp³-hybridized carbons (Fsp3) is 0.588. The van der Waals surface area contributed by atoms with Crippen LogP contribution in [0.5, 0.6) is 0 Å². The number of rotatable bonds is 4. The first kappa shape index (κ1) is 13.6. The Balaban J connectivity index is 1.48. The highest BCUT2D eigenvalue weighted by molar-refractivity contribution is 5.77. The Labute approximate surface area is 121 Å². The molecule has 0 radical (unpaired) electrons. The van der Waals surface area contributed by atoms with Gasteiger partial charge in [-0.1, -0.05) is 38.1 Å². The van der Waals surface area contributed by atoms with Gasteiger partial charge in [0.05, 0.1) is 0 Å². The van der Waals surface area contributed by atoms with Gasteiger partial charge >= 0.3 is 0 Å². The first-order valence-corrected chi connectivity index (χ1v) is 7.72. The zero-order valence-corrected chi connectivity index (χ0v) is 12.6. The largest absolute Gasteiger partial charge is 0.341 e. The molecule has 0 saturated carbocycles. The normalized spacial score (nSPS) is 20.6. The average molecular weight is 272 g/mol. The van der Waals surface area contributed by atoms with Crippen molar-refractivity contribution in [2.75, 3.05) is 26.2 Å². The third-order valence-corrected chi connectivity index (χ3v) is 4.63. The minimum Gasteiger partial charge on any atom is -0.341 e. The molecule has 2 heterocycles. The van der Waals surface area contributed by atoms with Gasteiger partial charge in [0.15, 0.2) is 0 Å². The lowest BCUT2D eigenvalue weighted by molar-refractivity contribution is -0.159. The number of amides is 1. The predicted octanol–water partition coefficient (Wildman–Crippen LogP) is 2.30. The van der Waals surface area contributed by atoms with Crippen molar-refractivity contribution in [3.8, 4) is 0 Å². The maximum absolute atomic E-state index is 11.6. The van der Waals surface area contributed by atoms with Gasteiger partial charge in [0.25, 0.3) is 0 Å². The number of hydrogen-bond acceptors (Lipinski definition) is 2. The molecule has 1 aromatic rings. The van der Waals surface area contributed by atoms with Crippen LogP contribution in [-0.4, -0.2) is 41.9 Å². The smallest absolute Gasteiger partial charge is 0.222 e. The fourth-order valence-corrected chi connectivity index (χ4v) is 3.58. The summed E-state index contributed by atoms with van der Waals surface area (Å²) in [4.78, 5) is 16.1. The molecule has 20 heavy (non-hydrogen) atoms. The standard InChI is InChI=1S/C17H24N2O/c1-3-14-6-5-7-15(8-14)9-18-10-17(11-18)12-19(13-17)16(20)4-2/h5-8H,3-4,9-13H2,1-2H3. The Kier molecular flexibility index (Phi) is 3.55. The number of nitrogens with zero attached hydrogens (tertiary/aromatic N) is 2. The average Bonchev–Trinajstić information content (AvgIpc) is 2.39. The lowest BCUT2D eigenvalue weighted by atomic mass is 9.72. The van der Waals surface area contributed by atoms with E-state index in [4.69, 9.17) is 0 Å². The second kappa shape index (κ2) is 5.21. The quantitative estimate of drug-likeness (QED) is 0.839. The van der Waals surface area contributed by atoms with Crippen LogP contribution in [0.2, 0.25) is 0 Å². The van der Waals surface area contributed by atoms with Gasteiger partial charge in [0.1, 0.15) is 0 Å². The predicted molar refractivity (Wildman–Crippen MR) is 80.4 cm³/mol. The van der Waals surface area contributed by atoms with Crippen molar-refractivity contribution >= 4 is 5.91 Å². The molecule has 3 rings (SSSR count). The SMILES string of the molecule is CCC(=O)N1CC2(CN(Cc3cccc(CC)c3)C2)C1. The summed E-state index contributed by atoms with van der Waals surface area (Å²) >= 11 is 0. The molecule has 108 valence electrons. The Morgan fingerprint density at radius 1 is 1.15 bits per heavy atom. The minimum atomic E-state index is 0.310. The third-order valence-electron chi connectivity index (χ3n) is 4.63. The zero-order chi connectivity index (χ0) is 14.2. The van der Waals surface area contributed by atoms with E-state index in [0.29, 0.717) is 17.7 Å². The number of carbonyl (C=O) groups is 1. The Hall–Kier alpha value is -1.35. The molecule has 0 aromatic heterocycles. The molecule has 0 N–H and O–H groups in total. The van der Waals surface area contributed by atoms with Crippen molar-refractivity contribution in [2.24, 2.45) is 5.41 Å². The second-order valence-electron chi connectivity index (χ2n) is 6.42. The van der Waals surface area contributed by atoms with E-state index in [0.717, 1.165) is 39.1 Å². The lowest BCUT2D eigenvalue weighted by Gasteiger charge is -2.60. The maximum Gasteiger partial charge on any atom is 0.222 e. The third kappa shape index (κ3) is 2.47. The van der Waals surface area contributed by atoms with Crippen LogP contribution in [0.25, 0.3) is 0 Å². The van der Waals surface area contributed by atoms with E-state index < -0.39 is 0 Å². The van der Waals surface area contributed by atoms with E-state index in [9.17, 15) is 4.79 Å². The van der Waals surface area contributed by atoms with Crippen LogP contribution < -0.4 is 0 Å². The summed E-state index contributed by atoms with van der Waals surface area (Å²) < 4.78 is 0. The van der Waals surface area contributed by atoms with Gasteiger partial charge in [-0.05, 0) is 17.5 Å². The fourth-order valence-electron chi connectivity index (χ4n) is 3.58. The molecule has 1 amide bonds. The van der Waals surface area contributed by atoms with Crippen molar-refractivity contribution in [2.45, 2.75) is 33.2 Å². The first-order valence-electron chi connectivity index (χ1n) is 7.72. The van der Waals surface area contributed by atoms with Crippen LogP contribution >= 0.6 is 0 Å². The lowest BCUT2D eigenvalue weighted by Crippen LogP contribution is -2.72. The highest BCUT2D eigenvalue weighted by Gasteiger charge is 2.52. The van der Waals surface area contributed by atoms with Crippen molar-refractivity contribution < 1.29 is 4.79 Å². The highest BCUT2D eigenvalue weighted by atomic mass is 16.2. The summed E-state index contributed by atoms with van der Waals surface area (Å²) in [5.41, 5.74) is 3.26. The number of aryl methyl sites for hydroxylation is 1. The molecule has 0 unspecified atom stereocenters. The molecule has 0 bridgehead atoms. The van der Waals surface area contributed by atoms with Crippen LogP contribution in [0.1, 0.15) is 31.4 Å². The molecule has 1 spiro atoms. The molecule has 0 aliphatic carbocycles. The minimum absolute atomic E-state index is 0.310. The van der Waals surface area contributed by atoms with Crippen molar-refractivity contribution in [3.63, 3.8) is 0 Å². The van der Waals surface area contributed by atoms with Crippen LogP contribution in [0.4, 0.5) is 0 Å². The van der Waals surface area contributed by atoms with E-state index in [-0.39, 0.29) is 0 Å². The number of likely N-dealkylation sites (tertiary alicyclic amines) is 2. The van der Waals surface area contributed by atoms with E-state index in [1.165, 1.54) is 11.1 Å². The Morgan fingerprint density at radius 3 is 2.50 bits per heavy atom.